The molecule has 0 radical (unpaired) electrons. The van der Waals surface area contributed by atoms with Gasteiger partial charge in [-0.2, -0.15) is 0 Å². The summed E-state index contributed by atoms with van der Waals surface area (Å²) in [7, 11) is 0. The second-order valence-corrected chi connectivity index (χ2v) is 5.49. The largest absolute Gasteiger partial charge is 0.573 e. The van der Waals surface area contributed by atoms with Crippen LogP contribution >= 0.6 is 0 Å². The molecular weight excluding hydrogens is 287 g/mol. The fourth-order valence-electron chi connectivity index (χ4n) is 1.52. The molecule has 0 heterocycles. The molecule has 1 N–H and O–H groups in total. The zero-order valence-electron chi connectivity index (χ0n) is 12.3. The molecule has 1 amide bonds. The van der Waals surface area contributed by atoms with Crippen molar-refractivity contribution in [2.75, 3.05) is 0 Å². The van der Waals surface area contributed by atoms with Crippen LogP contribution in [-0.2, 0) is 11.3 Å². The van der Waals surface area contributed by atoms with Gasteiger partial charge in [-0.15, -0.1) is 13.2 Å². The summed E-state index contributed by atoms with van der Waals surface area (Å²) in [5.41, 5.74) is 0.614. The van der Waals surface area contributed by atoms with Crippen molar-refractivity contribution < 1.29 is 27.4 Å². The molecule has 0 saturated carbocycles. The van der Waals surface area contributed by atoms with Crippen molar-refractivity contribution in [2.24, 2.45) is 0 Å². The maximum atomic E-state index is 12.2. The molecule has 4 nitrogen and oxygen atoms in total. The number of ether oxygens (including phenoxy) is 2. The average Bonchev–Trinajstić information content (AvgIpc) is 2.25. The van der Waals surface area contributed by atoms with E-state index in [0.29, 0.717) is 5.56 Å². The lowest BCUT2D eigenvalue weighted by molar-refractivity contribution is -0.274. The summed E-state index contributed by atoms with van der Waals surface area (Å²) in [6.45, 7) is 6.93. The summed E-state index contributed by atoms with van der Waals surface area (Å²) < 4.78 is 45.4. The molecule has 0 bridgehead atoms. The Morgan fingerprint density at radius 3 is 2.38 bits per heavy atom. The van der Waals surface area contributed by atoms with Crippen molar-refractivity contribution in [2.45, 2.75) is 46.2 Å². The number of alkyl halides is 3. The van der Waals surface area contributed by atoms with Gasteiger partial charge in [0.05, 0.1) is 0 Å². The lowest BCUT2D eigenvalue weighted by Crippen LogP contribution is -2.32. The topological polar surface area (TPSA) is 47.6 Å². The van der Waals surface area contributed by atoms with Crippen LogP contribution < -0.4 is 10.1 Å². The van der Waals surface area contributed by atoms with E-state index in [-0.39, 0.29) is 12.3 Å². The fourth-order valence-corrected chi connectivity index (χ4v) is 1.52. The van der Waals surface area contributed by atoms with Crippen LogP contribution in [0.4, 0.5) is 18.0 Å². The predicted molar refractivity (Wildman–Crippen MR) is 70.9 cm³/mol. The Balaban J connectivity index is 2.70. The van der Waals surface area contributed by atoms with Gasteiger partial charge in [0, 0.05) is 6.54 Å². The van der Waals surface area contributed by atoms with Gasteiger partial charge >= 0.3 is 12.5 Å². The molecule has 0 atom stereocenters. The molecule has 1 rings (SSSR count). The molecule has 1 aromatic rings. The van der Waals surface area contributed by atoms with Crippen molar-refractivity contribution in [1.82, 2.24) is 5.32 Å². The van der Waals surface area contributed by atoms with Crippen molar-refractivity contribution in [3.05, 3.63) is 29.3 Å². The third-order valence-corrected chi connectivity index (χ3v) is 2.38. The highest BCUT2D eigenvalue weighted by atomic mass is 19.4. The number of alkyl carbamates (subject to hydrolysis) is 1. The van der Waals surface area contributed by atoms with Crippen LogP contribution in [0, 0.1) is 6.92 Å². The first-order valence-electron chi connectivity index (χ1n) is 6.28. The number of benzene rings is 1. The molecule has 0 aliphatic carbocycles. The summed E-state index contributed by atoms with van der Waals surface area (Å²) in [5, 5.41) is 2.49. The number of hydrogen-bond donors (Lipinski definition) is 1. The van der Waals surface area contributed by atoms with Crippen LogP contribution in [0.15, 0.2) is 18.2 Å². The van der Waals surface area contributed by atoms with E-state index < -0.39 is 18.1 Å². The molecule has 0 spiro atoms. The monoisotopic (exact) mass is 305 g/mol. The van der Waals surface area contributed by atoms with Crippen molar-refractivity contribution in [1.29, 1.82) is 0 Å². The lowest BCUT2D eigenvalue weighted by atomic mass is 10.1. The maximum absolute atomic E-state index is 12.2. The van der Waals surface area contributed by atoms with Gasteiger partial charge in [0.2, 0.25) is 0 Å². The Hall–Kier alpha value is -1.92. The molecule has 21 heavy (non-hydrogen) atoms. The standard InChI is InChI=1S/C14H18F3NO3/c1-9-5-6-11(20-14(15,16)17)7-10(9)8-18-12(19)21-13(2,3)4/h5-7H,8H2,1-4H3,(H,18,19). The highest BCUT2D eigenvalue weighted by molar-refractivity contribution is 5.67. The van der Waals surface area contributed by atoms with E-state index in [2.05, 4.69) is 10.1 Å². The molecule has 7 heteroatoms. The first-order valence-corrected chi connectivity index (χ1v) is 6.28. The number of amides is 1. The number of aryl methyl sites for hydroxylation is 1. The van der Waals surface area contributed by atoms with Crippen LogP contribution in [0.25, 0.3) is 0 Å². The van der Waals surface area contributed by atoms with E-state index in [4.69, 9.17) is 4.74 Å². The Kier molecular flexibility index (Phi) is 5.09. The molecule has 0 fully saturated rings. The molecule has 0 aliphatic rings. The Bertz CT molecular complexity index is 507. The summed E-state index contributed by atoms with van der Waals surface area (Å²) in [6.07, 6.45) is -5.38. The first kappa shape index (κ1) is 17.1. The normalized spacial score (nSPS) is 12.0. The van der Waals surface area contributed by atoms with Crippen molar-refractivity contribution >= 4 is 6.09 Å². The van der Waals surface area contributed by atoms with E-state index >= 15 is 0 Å². The van der Waals surface area contributed by atoms with Crippen LogP contribution in [0.3, 0.4) is 0 Å². The van der Waals surface area contributed by atoms with E-state index in [0.717, 1.165) is 5.56 Å². The molecule has 0 saturated heterocycles. The van der Waals surface area contributed by atoms with Crippen LogP contribution in [0.5, 0.6) is 5.75 Å². The number of carbonyl (C=O) groups is 1. The summed E-state index contributed by atoms with van der Waals surface area (Å²) in [5.74, 6) is -0.325. The number of rotatable bonds is 3. The quantitative estimate of drug-likeness (QED) is 0.920. The van der Waals surface area contributed by atoms with Crippen LogP contribution in [-0.4, -0.2) is 18.1 Å². The number of carbonyl (C=O) groups excluding carboxylic acids is 1. The molecule has 0 aliphatic heterocycles. The predicted octanol–water partition coefficient (Wildman–Crippen LogP) is 3.92. The minimum Gasteiger partial charge on any atom is -0.444 e. The van der Waals surface area contributed by atoms with Gasteiger partial charge in [0.25, 0.3) is 0 Å². The van der Waals surface area contributed by atoms with Gasteiger partial charge in [-0.05, 0) is 51.0 Å². The summed E-state index contributed by atoms with van der Waals surface area (Å²) in [6, 6.07) is 3.95. The van der Waals surface area contributed by atoms with Gasteiger partial charge in [-0.1, -0.05) is 6.07 Å². The van der Waals surface area contributed by atoms with Gasteiger partial charge < -0.3 is 14.8 Å². The zero-order valence-corrected chi connectivity index (χ0v) is 12.3. The van der Waals surface area contributed by atoms with Crippen molar-refractivity contribution in [3.8, 4) is 5.75 Å². The first-order chi connectivity index (χ1) is 9.46. The minimum atomic E-state index is -4.74. The van der Waals surface area contributed by atoms with Gasteiger partial charge in [-0.3, -0.25) is 0 Å². The third kappa shape index (κ3) is 6.87. The van der Waals surface area contributed by atoms with Crippen LogP contribution in [0.1, 0.15) is 31.9 Å². The van der Waals surface area contributed by atoms with E-state index in [9.17, 15) is 18.0 Å². The highest BCUT2D eigenvalue weighted by Gasteiger charge is 2.31. The van der Waals surface area contributed by atoms with Gasteiger partial charge in [-0.25, -0.2) is 4.79 Å². The summed E-state index contributed by atoms with van der Waals surface area (Å²) in [4.78, 5) is 11.5. The third-order valence-electron chi connectivity index (χ3n) is 2.38. The average molecular weight is 305 g/mol. The van der Waals surface area contributed by atoms with Crippen LogP contribution in [0.2, 0.25) is 0 Å². The Labute approximate surface area is 121 Å². The Morgan fingerprint density at radius 2 is 1.86 bits per heavy atom. The minimum absolute atomic E-state index is 0.0514. The van der Waals surface area contributed by atoms with Crippen molar-refractivity contribution in [3.63, 3.8) is 0 Å². The van der Waals surface area contributed by atoms with E-state index in [1.54, 1.807) is 27.7 Å². The van der Waals surface area contributed by atoms with E-state index in [1.807, 2.05) is 0 Å². The fraction of sp³-hybridized carbons (Fsp3) is 0.500. The number of halogens is 3. The molecule has 118 valence electrons. The summed E-state index contributed by atoms with van der Waals surface area (Å²) >= 11 is 0. The molecule has 0 aromatic heterocycles. The van der Waals surface area contributed by atoms with Gasteiger partial charge in [0.1, 0.15) is 11.4 Å². The SMILES string of the molecule is Cc1ccc(OC(F)(F)F)cc1CNC(=O)OC(C)(C)C. The molecular formula is C14H18F3NO3. The number of nitrogens with one attached hydrogen (secondary N) is 1. The van der Waals surface area contributed by atoms with E-state index in [1.165, 1.54) is 18.2 Å². The Morgan fingerprint density at radius 1 is 1.24 bits per heavy atom. The lowest BCUT2D eigenvalue weighted by Gasteiger charge is -2.20. The second kappa shape index (κ2) is 6.24. The second-order valence-electron chi connectivity index (χ2n) is 5.49. The van der Waals surface area contributed by atoms with Gasteiger partial charge in [0.15, 0.2) is 0 Å². The highest BCUT2D eigenvalue weighted by Crippen LogP contribution is 2.24. The molecule has 0 unspecified atom stereocenters. The molecule has 1 aromatic carbocycles. The maximum Gasteiger partial charge on any atom is 0.573 e. The smallest absolute Gasteiger partial charge is 0.444 e. The zero-order chi connectivity index (χ0) is 16.3. The number of hydrogen-bond acceptors (Lipinski definition) is 3.